The van der Waals surface area contributed by atoms with Gasteiger partial charge in [0.15, 0.2) is 5.70 Å². The molecule has 0 radical (unpaired) electrons. The van der Waals surface area contributed by atoms with E-state index in [-0.39, 0.29) is 11.6 Å². The first kappa shape index (κ1) is 21.8. The molecule has 160 valence electrons. The normalized spacial score (nSPS) is 14.6. The number of amides is 1. The second kappa shape index (κ2) is 8.83. The lowest BCUT2D eigenvalue weighted by Gasteiger charge is -2.19. The molecule has 0 unspecified atom stereocenters. The molecule has 0 aromatic heterocycles. The van der Waals surface area contributed by atoms with Crippen LogP contribution in [0.15, 0.2) is 59.2 Å². The summed E-state index contributed by atoms with van der Waals surface area (Å²) >= 11 is 0. The van der Waals surface area contributed by atoms with Crippen LogP contribution in [0.2, 0.25) is 0 Å². The molecule has 0 saturated carbocycles. The van der Waals surface area contributed by atoms with Crippen LogP contribution in [-0.2, 0) is 19.1 Å². The zero-order valence-corrected chi connectivity index (χ0v) is 17.6. The quantitative estimate of drug-likeness (QED) is 0.448. The molecule has 0 fully saturated rings. The molecule has 0 saturated heterocycles. The van der Waals surface area contributed by atoms with E-state index in [1.165, 1.54) is 6.92 Å². The number of nitrogens with one attached hydrogen (secondary N) is 1. The number of ether oxygens (including phenoxy) is 3. The minimum atomic E-state index is -0.600. The lowest BCUT2D eigenvalue weighted by atomic mass is 10.2. The lowest BCUT2D eigenvalue weighted by Crippen LogP contribution is -2.27. The van der Waals surface area contributed by atoms with E-state index >= 15 is 0 Å². The standard InChI is InChI=1S/C23H22N2O6/c1-14(26)29-18-7-5-6-15(12-18)13-19-21(27)30-20(25-19)16-8-10-17(11-9-16)24-22(28)31-23(2,3)4/h5-13H,1-4H3,(H,24,28)/b19-13+. The average Bonchev–Trinajstić information content (AvgIpc) is 3.01. The Balaban J connectivity index is 1.73. The summed E-state index contributed by atoms with van der Waals surface area (Å²) in [6.07, 6.45) is 0.979. The molecule has 0 atom stereocenters. The second-order valence-corrected chi connectivity index (χ2v) is 7.71. The molecule has 0 spiro atoms. The number of nitrogens with zero attached hydrogens (tertiary/aromatic N) is 1. The highest BCUT2D eigenvalue weighted by Gasteiger charge is 2.24. The number of carbonyl (C=O) groups excluding carboxylic acids is 3. The minimum absolute atomic E-state index is 0.117. The van der Waals surface area contributed by atoms with Gasteiger partial charge < -0.3 is 14.2 Å². The van der Waals surface area contributed by atoms with Gasteiger partial charge >= 0.3 is 18.0 Å². The third-order valence-electron chi connectivity index (χ3n) is 3.82. The van der Waals surface area contributed by atoms with Crippen LogP contribution < -0.4 is 10.1 Å². The van der Waals surface area contributed by atoms with E-state index in [1.54, 1.807) is 75.4 Å². The van der Waals surface area contributed by atoms with Crippen LogP contribution in [0, 0.1) is 0 Å². The Labute approximate surface area is 179 Å². The van der Waals surface area contributed by atoms with E-state index in [9.17, 15) is 14.4 Å². The first-order valence-electron chi connectivity index (χ1n) is 9.50. The number of rotatable bonds is 4. The predicted molar refractivity (Wildman–Crippen MR) is 115 cm³/mol. The largest absolute Gasteiger partial charge is 0.444 e. The Morgan fingerprint density at radius 2 is 1.81 bits per heavy atom. The number of esters is 2. The molecular formula is C23H22N2O6. The van der Waals surface area contributed by atoms with Gasteiger partial charge in [0.1, 0.15) is 11.4 Å². The molecule has 1 amide bonds. The van der Waals surface area contributed by atoms with Gasteiger partial charge in [-0.15, -0.1) is 0 Å². The molecule has 3 rings (SSSR count). The number of aliphatic imine (C=N–C) groups is 1. The summed E-state index contributed by atoms with van der Waals surface area (Å²) in [6.45, 7) is 6.64. The molecule has 1 heterocycles. The van der Waals surface area contributed by atoms with Gasteiger partial charge in [0.2, 0.25) is 5.90 Å². The highest BCUT2D eigenvalue weighted by Crippen LogP contribution is 2.22. The van der Waals surface area contributed by atoms with Crippen LogP contribution in [0.1, 0.15) is 38.8 Å². The summed E-state index contributed by atoms with van der Waals surface area (Å²) in [5.41, 5.74) is 1.25. The van der Waals surface area contributed by atoms with Crippen molar-refractivity contribution in [1.82, 2.24) is 0 Å². The summed E-state index contributed by atoms with van der Waals surface area (Å²) in [6, 6.07) is 13.3. The number of anilines is 1. The van der Waals surface area contributed by atoms with Crippen molar-refractivity contribution < 1.29 is 28.6 Å². The van der Waals surface area contributed by atoms with Gasteiger partial charge in [-0.05, 0) is 68.8 Å². The summed E-state index contributed by atoms with van der Waals surface area (Å²) < 4.78 is 15.5. The fourth-order valence-corrected chi connectivity index (χ4v) is 2.64. The lowest BCUT2D eigenvalue weighted by molar-refractivity contribution is -0.132. The molecule has 1 aliphatic heterocycles. The van der Waals surface area contributed by atoms with Crippen LogP contribution in [0.3, 0.4) is 0 Å². The van der Waals surface area contributed by atoms with Crippen LogP contribution >= 0.6 is 0 Å². The first-order chi connectivity index (χ1) is 14.6. The third-order valence-corrected chi connectivity index (χ3v) is 3.82. The molecule has 1 N–H and O–H groups in total. The van der Waals surface area contributed by atoms with Crippen LogP contribution in [0.5, 0.6) is 5.75 Å². The van der Waals surface area contributed by atoms with Crippen molar-refractivity contribution in [3.05, 3.63) is 65.4 Å². The number of hydrogen-bond donors (Lipinski definition) is 1. The minimum Gasteiger partial charge on any atom is -0.444 e. The Bertz CT molecular complexity index is 1080. The molecule has 31 heavy (non-hydrogen) atoms. The van der Waals surface area contributed by atoms with Crippen molar-refractivity contribution in [3.63, 3.8) is 0 Å². The van der Waals surface area contributed by atoms with E-state index < -0.39 is 23.6 Å². The van der Waals surface area contributed by atoms with Gasteiger partial charge in [-0.1, -0.05) is 12.1 Å². The molecule has 2 aromatic carbocycles. The summed E-state index contributed by atoms with van der Waals surface area (Å²) in [5.74, 6) is -0.513. The highest BCUT2D eigenvalue weighted by atomic mass is 16.6. The first-order valence-corrected chi connectivity index (χ1v) is 9.50. The van der Waals surface area contributed by atoms with Gasteiger partial charge in [-0.2, -0.15) is 0 Å². The number of hydrogen-bond acceptors (Lipinski definition) is 7. The Kier molecular flexibility index (Phi) is 6.20. The summed E-state index contributed by atoms with van der Waals surface area (Å²) in [5, 5.41) is 2.63. The van der Waals surface area contributed by atoms with Crippen molar-refractivity contribution >= 4 is 35.7 Å². The fourth-order valence-electron chi connectivity index (χ4n) is 2.64. The summed E-state index contributed by atoms with van der Waals surface area (Å²) in [7, 11) is 0. The van der Waals surface area contributed by atoms with Crippen molar-refractivity contribution in [3.8, 4) is 5.75 Å². The van der Waals surface area contributed by atoms with Crippen molar-refractivity contribution in [2.45, 2.75) is 33.3 Å². The fraction of sp³-hybridized carbons (Fsp3) is 0.217. The Morgan fingerprint density at radius 3 is 2.45 bits per heavy atom. The number of carbonyl (C=O) groups is 3. The Hall–Kier alpha value is -3.94. The van der Waals surface area contributed by atoms with Crippen molar-refractivity contribution in [2.75, 3.05) is 5.32 Å². The molecule has 8 nitrogen and oxygen atoms in total. The molecule has 1 aliphatic rings. The Morgan fingerprint density at radius 1 is 1.10 bits per heavy atom. The topological polar surface area (TPSA) is 103 Å². The summed E-state index contributed by atoms with van der Waals surface area (Å²) in [4.78, 5) is 39.4. The molecule has 0 aliphatic carbocycles. The predicted octanol–water partition coefficient (Wildman–Crippen LogP) is 4.30. The second-order valence-electron chi connectivity index (χ2n) is 7.71. The van der Waals surface area contributed by atoms with Crippen molar-refractivity contribution in [2.24, 2.45) is 4.99 Å². The average molecular weight is 422 g/mol. The molecule has 8 heteroatoms. The van der Waals surface area contributed by atoms with E-state index in [0.29, 0.717) is 22.6 Å². The van der Waals surface area contributed by atoms with Gasteiger partial charge in [0.05, 0.1) is 0 Å². The zero-order valence-electron chi connectivity index (χ0n) is 17.6. The number of cyclic esters (lactones) is 1. The van der Waals surface area contributed by atoms with Crippen LogP contribution in [0.4, 0.5) is 10.5 Å². The van der Waals surface area contributed by atoms with Crippen LogP contribution in [-0.4, -0.2) is 29.5 Å². The van der Waals surface area contributed by atoms with Gasteiger partial charge in [0.25, 0.3) is 0 Å². The maximum absolute atomic E-state index is 12.2. The van der Waals surface area contributed by atoms with E-state index in [1.807, 2.05) is 0 Å². The number of benzene rings is 2. The monoisotopic (exact) mass is 422 g/mol. The van der Waals surface area contributed by atoms with E-state index in [0.717, 1.165) is 0 Å². The maximum atomic E-state index is 12.2. The SMILES string of the molecule is CC(=O)Oc1cccc(/C=C2/N=C(c3ccc(NC(=O)OC(C)(C)C)cc3)OC2=O)c1. The third kappa shape index (κ3) is 6.27. The van der Waals surface area contributed by atoms with Gasteiger partial charge in [0, 0.05) is 18.2 Å². The highest BCUT2D eigenvalue weighted by molar-refractivity contribution is 6.13. The molecular weight excluding hydrogens is 400 g/mol. The zero-order chi connectivity index (χ0) is 22.6. The molecule has 2 aromatic rings. The van der Waals surface area contributed by atoms with Crippen LogP contribution in [0.25, 0.3) is 6.08 Å². The maximum Gasteiger partial charge on any atom is 0.412 e. The van der Waals surface area contributed by atoms with Gasteiger partial charge in [-0.3, -0.25) is 10.1 Å². The molecule has 0 bridgehead atoms. The van der Waals surface area contributed by atoms with E-state index in [4.69, 9.17) is 14.2 Å². The van der Waals surface area contributed by atoms with Crippen molar-refractivity contribution in [1.29, 1.82) is 0 Å². The van der Waals surface area contributed by atoms with Gasteiger partial charge in [-0.25, -0.2) is 14.6 Å². The smallest absolute Gasteiger partial charge is 0.412 e. The van der Waals surface area contributed by atoms with E-state index in [2.05, 4.69) is 10.3 Å².